The molecule has 32 heavy (non-hydrogen) atoms. The third-order valence-electron chi connectivity index (χ3n) is 4.41. The molecule has 4 aromatic rings. The number of hydrogen-bond donors (Lipinski definition) is 3. The second kappa shape index (κ2) is 8.62. The van der Waals surface area contributed by atoms with Gasteiger partial charge in [0.2, 0.25) is 0 Å². The van der Waals surface area contributed by atoms with Crippen molar-refractivity contribution in [2.24, 2.45) is 0 Å². The standard InChI is InChI=1S/C23H23FN6O2/c1-23(2,3)30-19(31)13-32-16-7-4-6-14(10-16)21-28-18-9-5-8-17(24)20(18)22(29-21)27-15-11-25-26-12-15/h4-12H,13H2,1-3H3,(H,25,26)(H,30,31)(H,27,28,29). The first-order chi connectivity index (χ1) is 15.3. The normalized spacial score (nSPS) is 11.4. The number of carbonyl (C=O) groups excluding carboxylic acids is 1. The molecule has 0 aliphatic heterocycles. The first-order valence-corrected chi connectivity index (χ1v) is 10.0. The van der Waals surface area contributed by atoms with Gasteiger partial charge in [0.25, 0.3) is 5.91 Å². The van der Waals surface area contributed by atoms with E-state index in [-0.39, 0.29) is 23.4 Å². The molecule has 164 valence electrons. The van der Waals surface area contributed by atoms with E-state index in [2.05, 4.69) is 30.8 Å². The number of aromatic nitrogens is 4. The van der Waals surface area contributed by atoms with Gasteiger partial charge < -0.3 is 15.4 Å². The molecule has 0 unspecified atom stereocenters. The number of aromatic amines is 1. The predicted octanol–water partition coefficient (Wildman–Crippen LogP) is 4.20. The Balaban J connectivity index is 1.65. The van der Waals surface area contributed by atoms with Gasteiger partial charge >= 0.3 is 0 Å². The molecule has 0 atom stereocenters. The van der Waals surface area contributed by atoms with Crippen molar-refractivity contribution in [1.29, 1.82) is 0 Å². The number of H-pyrrole nitrogens is 1. The SMILES string of the molecule is CC(C)(C)NC(=O)COc1cccc(-c2nc(Nc3cn[nH]c3)c3c(F)cccc3n2)c1. The van der Waals surface area contributed by atoms with Crippen LogP contribution in [0.5, 0.6) is 5.75 Å². The average Bonchev–Trinajstić information content (AvgIpc) is 3.24. The Morgan fingerprint density at radius 2 is 1.97 bits per heavy atom. The second-order valence-corrected chi connectivity index (χ2v) is 8.26. The van der Waals surface area contributed by atoms with Crippen LogP contribution in [0.25, 0.3) is 22.3 Å². The van der Waals surface area contributed by atoms with Crippen LogP contribution in [0.15, 0.2) is 54.9 Å². The van der Waals surface area contributed by atoms with Gasteiger partial charge in [0.15, 0.2) is 12.4 Å². The second-order valence-electron chi connectivity index (χ2n) is 8.26. The average molecular weight is 434 g/mol. The van der Waals surface area contributed by atoms with Crippen molar-refractivity contribution < 1.29 is 13.9 Å². The lowest BCUT2D eigenvalue weighted by molar-refractivity contribution is -0.124. The molecule has 0 aliphatic rings. The molecule has 2 aromatic heterocycles. The summed E-state index contributed by atoms with van der Waals surface area (Å²) in [4.78, 5) is 21.1. The highest BCUT2D eigenvalue weighted by Crippen LogP contribution is 2.30. The van der Waals surface area contributed by atoms with Gasteiger partial charge in [-0.1, -0.05) is 18.2 Å². The minimum absolute atomic E-state index is 0.113. The van der Waals surface area contributed by atoms with Crippen molar-refractivity contribution in [3.63, 3.8) is 0 Å². The summed E-state index contributed by atoms with van der Waals surface area (Å²) < 4.78 is 20.2. The minimum Gasteiger partial charge on any atom is -0.484 e. The quantitative estimate of drug-likeness (QED) is 0.420. The number of rotatable bonds is 6. The molecule has 0 spiro atoms. The molecule has 0 radical (unpaired) electrons. The van der Waals surface area contributed by atoms with Crippen LogP contribution in [0, 0.1) is 5.82 Å². The maximum Gasteiger partial charge on any atom is 0.258 e. The molecule has 0 saturated heterocycles. The number of carbonyl (C=O) groups is 1. The minimum atomic E-state index is -0.429. The van der Waals surface area contributed by atoms with Gasteiger partial charge in [-0.05, 0) is 45.0 Å². The maximum absolute atomic E-state index is 14.6. The molecule has 0 bridgehead atoms. The number of hydrogen-bond acceptors (Lipinski definition) is 6. The lowest BCUT2D eigenvalue weighted by Crippen LogP contribution is -2.43. The van der Waals surface area contributed by atoms with Gasteiger partial charge in [-0.25, -0.2) is 14.4 Å². The number of fused-ring (bicyclic) bond motifs is 1. The number of anilines is 2. The van der Waals surface area contributed by atoms with Crippen molar-refractivity contribution in [3.8, 4) is 17.1 Å². The van der Waals surface area contributed by atoms with E-state index in [0.29, 0.717) is 34.2 Å². The van der Waals surface area contributed by atoms with Gasteiger partial charge in [-0.3, -0.25) is 9.89 Å². The van der Waals surface area contributed by atoms with Gasteiger partial charge in [0, 0.05) is 17.3 Å². The molecule has 3 N–H and O–H groups in total. The Labute approximate surface area is 184 Å². The molecule has 2 heterocycles. The Kier molecular flexibility index (Phi) is 5.72. The zero-order chi connectivity index (χ0) is 22.7. The van der Waals surface area contributed by atoms with Crippen LogP contribution in [0.4, 0.5) is 15.9 Å². The fourth-order valence-corrected chi connectivity index (χ4v) is 3.14. The number of nitrogens with one attached hydrogen (secondary N) is 3. The summed E-state index contributed by atoms with van der Waals surface area (Å²) in [6.45, 7) is 5.60. The summed E-state index contributed by atoms with van der Waals surface area (Å²) >= 11 is 0. The highest BCUT2D eigenvalue weighted by Gasteiger charge is 2.16. The molecule has 0 aliphatic carbocycles. The summed E-state index contributed by atoms with van der Waals surface area (Å²) in [5.74, 6) is 0.562. The maximum atomic E-state index is 14.6. The van der Waals surface area contributed by atoms with Crippen molar-refractivity contribution in [3.05, 3.63) is 60.7 Å². The summed E-state index contributed by atoms with van der Waals surface area (Å²) in [5.41, 5.74) is 1.42. The fourth-order valence-electron chi connectivity index (χ4n) is 3.14. The molecule has 0 fully saturated rings. The summed E-state index contributed by atoms with van der Waals surface area (Å²) in [5, 5.41) is 12.8. The summed E-state index contributed by atoms with van der Waals surface area (Å²) in [6, 6.07) is 11.8. The highest BCUT2D eigenvalue weighted by atomic mass is 19.1. The van der Waals surface area contributed by atoms with Crippen molar-refractivity contribution in [2.45, 2.75) is 26.3 Å². The van der Waals surface area contributed by atoms with E-state index in [1.165, 1.54) is 6.07 Å². The van der Waals surface area contributed by atoms with E-state index in [1.54, 1.807) is 42.7 Å². The van der Waals surface area contributed by atoms with E-state index in [9.17, 15) is 9.18 Å². The van der Waals surface area contributed by atoms with Gasteiger partial charge in [0.1, 0.15) is 17.4 Å². The molecule has 1 amide bonds. The van der Waals surface area contributed by atoms with Gasteiger partial charge in [-0.2, -0.15) is 5.10 Å². The Hall–Kier alpha value is -4.01. The van der Waals surface area contributed by atoms with Crippen LogP contribution in [0.2, 0.25) is 0 Å². The van der Waals surface area contributed by atoms with Gasteiger partial charge in [0.05, 0.1) is 22.8 Å². The van der Waals surface area contributed by atoms with Crippen molar-refractivity contribution in [2.75, 3.05) is 11.9 Å². The number of halogens is 1. The van der Waals surface area contributed by atoms with E-state index < -0.39 is 5.82 Å². The van der Waals surface area contributed by atoms with Crippen LogP contribution in [-0.2, 0) is 4.79 Å². The number of ether oxygens (including phenoxy) is 1. The van der Waals surface area contributed by atoms with Crippen LogP contribution < -0.4 is 15.4 Å². The lowest BCUT2D eigenvalue weighted by atomic mass is 10.1. The van der Waals surface area contributed by atoms with Crippen LogP contribution in [0.3, 0.4) is 0 Å². The van der Waals surface area contributed by atoms with Gasteiger partial charge in [-0.15, -0.1) is 0 Å². The van der Waals surface area contributed by atoms with E-state index in [1.807, 2.05) is 26.8 Å². The van der Waals surface area contributed by atoms with Crippen molar-refractivity contribution in [1.82, 2.24) is 25.5 Å². The summed E-state index contributed by atoms with van der Waals surface area (Å²) in [7, 11) is 0. The Bertz CT molecular complexity index is 1250. The van der Waals surface area contributed by atoms with E-state index >= 15 is 0 Å². The van der Waals surface area contributed by atoms with Crippen molar-refractivity contribution >= 4 is 28.3 Å². The number of benzene rings is 2. The van der Waals surface area contributed by atoms with E-state index in [4.69, 9.17) is 4.74 Å². The lowest BCUT2D eigenvalue weighted by Gasteiger charge is -2.20. The van der Waals surface area contributed by atoms with Crippen LogP contribution in [-0.4, -0.2) is 38.2 Å². The monoisotopic (exact) mass is 434 g/mol. The number of amides is 1. The Morgan fingerprint density at radius 1 is 1.16 bits per heavy atom. The molecule has 2 aromatic carbocycles. The first-order valence-electron chi connectivity index (χ1n) is 10.0. The highest BCUT2D eigenvalue weighted by molar-refractivity contribution is 5.92. The van der Waals surface area contributed by atoms with Crippen LogP contribution in [0.1, 0.15) is 20.8 Å². The fraction of sp³-hybridized carbons (Fsp3) is 0.217. The van der Waals surface area contributed by atoms with E-state index in [0.717, 1.165) is 0 Å². The van der Waals surface area contributed by atoms with Crippen LogP contribution >= 0.6 is 0 Å². The molecule has 8 nitrogen and oxygen atoms in total. The largest absolute Gasteiger partial charge is 0.484 e. The third kappa shape index (κ3) is 5.00. The first kappa shape index (κ1) is 21.2. The third-order valence-corrected chi connectivity index (χ3v) is 4.41. The zero-order valence-electron chi connectivity index (χ0n) is 17.9. The summed E-state index contributed by atoms with van der Waals surface area (Å²) in [6.07, 6.45) is 3.22. The molecule has 9 heteroatoms. The molecular weight excluding hydrogens is 411 g/mol. The predicted molar refractivity (Wildman–Crippen MR) is 120 cm³/mol. The Morgan fingerprint density at radius 3 is 2.72 bits per heavy atom. The zero-order valence-corrected chi connectivity index (χ0v) is 17.9. The number of nitrogens with zero attached hydrogens (tertiary/aromatic N) is 3. The smallest absolute Gasteiger partial charge is 0.258 e. The molecule has 0 saturated carbocycles. The topological polar surface area (TPSA) is 105 Å². The molecular formula is C23H23FN6O2. The molecule has 4 rings (SSSR count).